The van der Waals surface area contributed by atoms with Gasteiger partial charge in [0.05, 0.1) is 12.3 Å². The zero-order valence-electron chi connectivity index (χ0n) is 17.3. The second-order valence-electron chi connectivity index (χ2n) is 8.17. The molecule has 0 atom stereocenters. The molecule has 0 saturated carbocycles. The van der Waals surface area contributed by atoms with Crippen molar-refractivity contribution >= 4 is 22.4 Å². The average Bonchev–Trinajstić information content (AvgIpc) is 3.01. The maximum absolute atomic E-state index is 12.5. The molecule has 1 aliphatic heterocycles. The normalized spacial score (nSPS) is 15.8. The van der Waals surface area contributed by atoms with Crippen LogP contribution in [0.25, 0.3) is 0 Å². The second-order valence-corrected chi connectivity index (χ2v) is 9.25. The van der Waals surface area contributed by atoms with Crippen LogP contribution in [0.3, 0.4) is 0 Å². The van der Waals surface area contributed by atoms with Gasteiger partial charge < -0.3 is 4.74 Å². The number of nitrogens with one attached hydrogen (secondary N) is 1. The molecule has 0 unspecified atom stereocenters. The van der Waals surface area contributed by atoms with Gasteiger partial charge in [-0.3, -0.25) is 15.0 Å². The molecule has 1 amide bonds. The van der Waals surface area contributed by atoms with E-state index in [1.165, 1.54) is 17.7 Å². The standard InChI is InChI=1S/C22H31N3O2S/c1-15(2)14-27-19-7-5-18(6-8-19)21(26)24-22-23-17(4)20(28-22)13-25-11-9-16(3)10-12-25/h5-8,15-16H,9-14H2,1-4H3,(H,23,24,26). The van der Waals surface area contributed by atoms with Crippen LogP contribution in [-0.4, -0.2) is 35.5 Å². The van der Waals surface area contributed by atoms with E-state index in [9.17, 15) is 4.79 Å². The highest BCUT2D eigenvalue weighted by Gasteiger charge is 2.19. The Balaban J connectivity index is 1.57. The van der Waals surface area contributed by atoms with E-state index < -0.39 is 0 Å². The number of rotatable bonds is 7. The Labute approximate surface area is 172 Å². The lowest BCUT2D eigenvalue weighted by atomic mass is 9.99. The number of ether oxygens (including phenoxy) is 1. The molecule has 28 heavy (non-hydrogen) atoms. The van der Waals surface area contributed by atoms with Crippen LogP contribution in [0.5, 0.6) is 5.75 Å². The summed E-state index contributed by atoms with van der Waals surface area (Å²) in [6, 6.07) is 7.27. The Morgan fingerprint density at radius 2 is 1.96 bits per heavy atom. The van der Waals surface area contributed by atoms with Gasteiger partial charge in [-0.15, -0.1) is 11.3 Å². The van der Waals surface area contributed by atoms with E-state index in [1.807, 2.05) is 19.1 Å². The van der Waals surface area contributed by atoms with Gasteiger partial charge in [0.25, 0.3) is 5.91 Å². The van der Waals surface area contributed by atoms with Crippen LogP contribution in [0, 0.1) is 18.8 Å². The molecule has 1 N–H and O–H groups in total. The van der Waals surface area contributed by atoms with E-state index >= 15 is 0 Å². The minimum atomic E-state index is -0.137. The zero-order valence-corrected chi connectivity index (χ0v) is 18.1. The Bertz CT molecular complexity index is 778. The number of nitrogens with zero attached hydrogens (tertiary/aromatic N) is 2. The smallest absolute Gasteiger partial charge is 0.257 e. The molecule has 2 aromatic rings. The number of carbonyl (C=O) groups excluding carboxylic acids is 1. The van der Waals surface area contributed by atoms with E-state index in [4.69, 9.17) is 4.74 Å². The molecule has 1 saturated heterocycles. The summed E-state index contributed by atoms with van der Waals surface area (Å²) in [7, 11) is 0. The van der Waals surface area contributed by atoms with Crippen LogP contribution < -0.4 is 10.1 Å². The van der Waals surface area contributed by atoms with Crippen LogP contribution >= 0.6 is 11.3 Å². The quantitative estimate of drug-likeness (QED) is 0.712. The third-order valence-corrected chi connectivity index (χ3v) is 6.11. The lowest BCUT2D eigenvalue weighted by Crippen LogP contribution is -2.32. The van der Waals surface area contributed by atoms with Gasteiger partial charge in [-0.05, 0) is 69.0 Å². The predicted octanol–water partition coefficient (Wildman–Crippen LogP) is 4.97. The first-order valence-corrected chi connectivity index (χ1v) is 10.9. The number of piperidine rings is 1. The molecule has 1 aliphatic rings. The topological polar surface area (TPSA) is 54.5 Å². The number of aryl methyl sites for hydroxylation is 1. The number of carbonyl (C=O) groups is 1. The SMILES string of the molecule is Cc1nc(NC(=O)c2ccc(OCC(C)C)cc2)sc1CN1CCC(C)CC1. The van der Waals surface area contributed by atoms with E-state index in [1.54, 1.807) is 23.5 Å². The zero-order chi connectivity index (χ0) is 20.1. The highest BCUT2D eigenvalue weighted by molar-refractivity contribution is 7.15. The molecule has 2 heterocycles. The minimum absolute atomic E-state index is 0.137. The van der Waals surface area contributed by atoms with Crippen molar-refractivity contribution in [1.29, 1.82) is 0 Å². The van der Waals surface area contributed by atoms with Gasteiger partial charge in [0.2, 0.25) is 0 Å². The summed E-state index contributed by atoms with van der Waals surface area (Å²) >= 11 is 1.58. The molecule has 0 radical (unpaired) electrons. The highest BCUT2D eigenvalue weighted by atomic mass is 32.1. The van der Waals surface area contributed by atoms with Crippen molar-refractivity contribution in [2.24, 2.45) is 11.8 Å². The first kappa shape index (κ1) is 20.8. The van der Waals surface area contributed by atoms with Crippen LogP contribution in [0.4, 0.5) is 5.13 Å². The number of hydrogen-bond donors (Lipinski definition) is 1. The molecule has 6 heteroatoms. The molecule has 0 bridgehead atoms. The fourth-order valence-corrected chi connectivity index (χ4v) is 4.19. The predicted molar refractivity (Wildman–Crippen MR) is 115 cm³/mol. The lowest BCUT2D eigenvalue weighted by Gasteiger charge is -2.29. The summed E-state index contributed by atoms with van der Waals surface area (Å²) in [6.07, 6.45) is 2.52. The van der Waals surface area contributed by atoms with Gasteiger partial charge in [0, 0.05) is 17.0 Å². The fourth-order valence-electron chi connectivity index (χ4n) is 3.19. The van der Waals surface area contributed by atoms with Crippen molar-refractivity contribution in [2.45, 2.75) is 47.1 Å². The van der Waals surface area contributed by atoms with Crippen molar-refractivity contribution in [2.75, 3.05) is 25.0 Å². The maximum atomic E-state index is 12.5. The number of amides is 1. The van der Waals surface area contributed by atoms with Crippen LogP contribution in [0.2, 0.25) is 0 Å². The van der Waals surface area contributed by atoms with Crippen LogP contribution in [0.1, 0.15) is 54.5 Å². The molecule has 0 aliphatic carbocycles. The number of likely N-dealkylation sites (tertiary alicyclic amines) is 1. The number of benzene rings is 1. The molecule has 1 aromatic carbocycles. The minimum Gasteiger partial charge on any atom is -0.493 e. The van der Waals surface area contributed by atoms with Crippen molar-refractivity contribution < 1.29 is 9.53 Å². The third-order valence-electron chi connectivity index (χ3n) is 5.06. The highest BCUT2D eigenvalue weighted by Crippen LogP contribution is 2.26. The van der Waals surface area contributed by atoms with Crippen molar-refractivity contribution in [3.8, 4) is 5.75 Å². The molecule has 1 aromatic heterocycles. The number of hydrogen-bond acceptors (Lipinski definition) is 5. The molecular weight excluding hydrogens is 370 g/mol. The molecular formula is C22H31N3O2S. The Morgan fingerprint density at radius 3 is 2.61 bits per heavy atom. The van der Waals surface area contributed by atoms with Gasteiger partial charge in [0.1, 0.15) is 5.75 Å². The van der Waals surface area contributed by atoms with E-state index in [-0.39, 0.29) is 5.91 Å². The van der Waals surface area contributed by atoms with Crippen molar-refractivity contribution in [3.05, 3.63) is 40.4 Å². The summed E-state index contributed by atoms with van der Waals surface area (Å²) in [4.78, 5) is 20.8. The van der Waals surface area contributed by atoms with Gasteiger partial charge in [-0.25, -0.2) is 4.98 Å². The van der Waals surface area contributed by atoms with Crippen LogP contribution in [0.15, 0.2) is 24.3 Å². The molecule has 3 rings (SSSR count). The largest absolute Gasteiger partial charge is 0.493 e. The molecule has 152 valence electrons. The number of anilines is 1. The van der Waals surface area contributed by atoms with Crippen LogP contribution in [-0.2, 0) is 6.54 Å². The van der Waals surface area contributed by atoms with E-state index in [0.29, 0.717) is 23.2 Å². The summed E-state index contributed by atoms with van der Waals surface area (Å²) in [6.45, 7) is 12.4. The average molecular weight is 402 g/mol. The van der Waals surface area contributed by atoms with Gasteiger partial charge >= 0.3 is 0 Å². The van der Waals surface area contributed by atoms with E-state index in [2.05, 4.69) is 36.0 Å². The molecule has 0 spiro atoms. The van der Waals surface area contributed by atoms with Gasteiger partial charge in [-0.1, -0.05) is 20.8 Å². The third kappa shape index (κ3) is 5.79. The number of thiazole rings is 1. The summed E-state index contributed by atoms with van der Waals surface area (Å²) in [5, 5.41) is 3.61. The lowest BCUT2D eigenvalue weighted by molar-refractivity contribution is 0.102. The van der Waals surface area contributed by atoms with E-state index in [0.717, 1.165) is 37.0 Å². The monoisotopic (exact) mass is 401 g/mol. The molecule has 5 nitrogen and oxygen atoms in total. The Kier molecular flexibility index (Phi) is 7.08. The summed E-state index contributed by atoms with van der Waals surface area (Å²) in [5.41, 5.74) is 1.62. The van der Waals surface area contributed by atoms with Crippen molar-refractivity contribution in [3.63, 3.8) is 0 Å². The first-order chi connectivity index (χ1) is 13.4. The maximum Gasteiger partial charge on any atom is 0.257 e. The van der Waals surface area contributed by atoms with Gasteiger partial charge in [-0.2, -0.15) is 0 Å². The summed E-state index contributed by atoms with van der Waals surface area (Å²) in [5.74, 6) is 1.95. The molecule has 1 fully saturated rings. The van der Waals surface area contributed by atoms with Crippen molar-refractivity contribution in [1.82, 2.24) is 9.88 Å². The number of aromatic nitrogens is 1. The second kappa shape index (κ2) is 9.52. The summed E-state index contributed by atoms with van der Waals surface area (Å²) < 4.78 is 5.67. The fraction of sp³-hybridized carbons (Fsp3) is 0.545. The first-order valence-electron chi connectivity index (χ1n) is 10.1. The van der Waals surface area contributed by atoms with Gasteiger partial charge in [0.15, 0.2) is 5.13 Å². The Hall–Kier alpha value is -1.92. The Morgan fingerprint density at radius 1 is 1.29 bits per heavy atom.